The fraction of sp³-hybridized carbons (Fsp3) is 0.600. The molecule has 1 aliphatic rings. The number of anilines is 1. The van der Waals surface area contributed by atoms with Gasteiger partial charge in [0.05, 0.1) is 16.3 Å². The van der Waals surface area contributed by atoms with Gasteiger partial charge < -0.3 is 4.90 Å². The molecule has 0 aromatic heterocycles. The molecule has 0 N–H and O–H groups in total. The van der Waals surface area contributed by atoms with Crippen LogP contribution in [0.5, 0.6) is 0 Å². The highest BCUT2D eigenvalue weighted by Crippen LogP contribution is 2.31. The van der Waals surface area contributed by atoms with Crippen molar-refractivity contribution in [3.63, 3.8) is 0 Å². The van der Waals surface area contributed by atoms with Gasteiger partial charge in [0.15, 0.2) is 9.84 Å². The van der Waals surface area contributed by atoms with Gasteiger partial charge in [0.1, 0.15) is 0 Å². The highest BCUT2D eigenvalue weighted by Gasteiger charge is 2.23. The van der Waals surface area contributed by atoms with Crippen molar-refractivity contribution in [1.29, 1.82) is 0 Å². The van der Waals surface area contributed by atoms with Crippen LogP contribution in [-0.2, 0) is 9.84 Å². The third-order valence-electron chi connectivity index (χ3n) is 4.08. The Morgan fingerprint density at radius 1 is 1.16 bits per heavy atom. The highest BCUT2D eigenvalue weighted by molar-refractivity contribution is 7.91. The second-order valence-corrected chi connectivity index (χ2v) is 7.52. The van der Waals surface area contributed by atoms with Gasteiger partial charge in [-0.25, -0.2) is 8.42 Å². The zero-order chi connectivity index (χ0) is 13.9. The molecule has 106 valence electrons. The lowest BCUT2D eigenvalue weighted by molar-refractivity contribution is 0.426. The van der Waals surface area contributed by atoms with E-state index in [1.54, 1.807) is 19.1 Å². The monoisotopic (exact) mass is 281 g/mol. The Hall–Kier alpha value is -1.03. The Labute approximate surface area is 116 Å². The minimum absolute atomic E-state index is 0.155. The Morgan fingerprint density at radius 2 is 1.79 bits per heavy atom. The average Bonchev–Trinajstić information content (AvgIpc) is 2.47. The third kappa shape index (κ3) is 3.11. The van der Waals surface area contributed by atoms with Gasteiger partial charge in [0.25, 0.3) is 0 Å². The highest BCUT2D eigenvalue weighted by atomic mass is 32.2. The fourth-order valence-corrected chi connectivity index (χ4v) is 3.96. The summed E-state index contributed by atoms with van der Waals surface area (Å²) < 4.78 is 24.4. The van der Waals surface area contributed by atoms with E-state index in [0.717, 1.165) is 18.5 Å². The van der Waals surface area contributed by atoms with Crippen LogP contribution in [0.3, 0.4) is 0 Å². The molecule has 1 fully saturated rings. The van der Waals surface area contributed by atoms with Gasteiger partial charge in [0, 0.05) is 13.1 Å². The zero-order valence-electron chi connectivity index (χ0n) is 11.8. The summed E-state index contributed by atoms with van der Waals surface area (Å²) in [6.07, 6.45) is 6.13. The summed E-state index contributed by atoms with van der Waals surface area (Å²) in [5.74, 6) is 0.155. The standard InChI is InChI=1S/C15H23NO2S/c1-3-19(17,18)15-12-8-7-11-14(15)16(2)13-9-5-4-6-10-13/h7-8,11-13H,3-6,9-10H2,1-2H3. The van der Waals surface area contributed by atoms with E-state index in [9.17, 15) is 8.42 Å². The van der Waals surface area contributed by atoms with Gasteiger partial charge in [-0.1, -0.05) is 38.3 Å². The van der Waals surface area contributed by atoms with Crippen molar-refractivity contribution in [3.8, 4) is 0 Å². The Kier molecular flexibility index (Phi) is 4.50. The molecular formula is C15H23NO2S. The summed E-state index contributed by atoms with van der Waals surface area (Å²) in [7, 11) is -1.13. The lowest BCUT2D eigenvalue weighted by Gasteiger charge is -2.34. The van der Waals surface area contributed by atoms with Crippen molar-refractivity contribution >= 4 is 15.5 Å². The van der Waals surface area contributed by atoms with Crippen LogP contribution in [0, 0.1) is 0 Å². The first kappa shape index (κ1) is 14.4. The summed E-state index contributed by atoms with van der Waals surface area (Å²) in [6.45, 7) is 1.70. The van der Waals surface area contributed by atoms with Crippen molar-refractivity contribution in [1.82, 2.24) is 0 Å². The fourth-order valence-electron chi connectivity index (χ4n) is 2.83. The van der Waals surface area contributed by atoms with Gasteiger partial charge >= 0.3 is 0 Å². The van der Waals surface area contributed by atoms with E-state index in [2.05, 4.69) is 4.90 Å². The predicted octanol–water partition coefficient (Wildman–Crippen LogP) is 3.25. The van der Waals surface area contributed by atoms with Gasteiger partial charge in [-0.3, -0.25) is 0 Å². The molecule has 3 nitrogen and oxygen atoms in total. The summed E-state index contributed by atoms with van der Waals surface area (Å²) in [4.78, 5) is 2.65. The molecule has 0 heterocycles. The molecule has 4 heteroatoms. The summed E-state index contributed by atoms with van der Waals surface area (Å²) in [5, 5.41) is 0. The molecule has 0 spiro atoms. The number of nitrogens with zero attached hydrogens (tertiary/aromatic N) is 1. The second-order valence-electron chi connectivity index (χ2n) is 5.27. The number of benzene rings is 1. The Bertz CT molecular complexity index is 519. The van der Waals surface area contributed by atoms with E-state index in [4.69, 9.17) is 0 Å². The van der Waals surface area contributed by atoms with Crippen molar-refractivity contribution in [2.45, 2.75) is 50.0 Å². The molecule has 1 aromatic rings. The first-order valence-corrected chi connectivity index (χ1v) is 8.76. The SMILES string of the molecule is CCS(=O)(=O)c1ccccc1N(C)C1CCCCC1. The van der Waals surface area contributed by atoms with Crippen LogP contribution in [0.15, 0.2) is 29.2 Å². The number of sulfone groups is 1. The van der Waals surface area contributed by atoms with Gasteiger partial charge in [-0.15, -0.1) is 0 Å². The minimum atomic E-state index is -3.15. The van der Waals surface area contributed by atoms with E-state index >= 15 is 0 Å². The van der Waals surface area contributed by atoms with Gasteiger partial charge in [-0.2, -0.15) is 0 Å². The lowest BCUT2D eigenvalue weighted by atomic mass is 9.94. The molecule has 0 atom stereocenters. The van der Waals surface area contributed by atoms with E-state index < -0.39 is 9.84 Å². The number of para-hydroxylation sites is 1. The minimum Gasteiger partial charge on any atom is -0.371 e. The first-order valence-electron chi connectivity index (χ1n) is 7.11. The van der Waals surface area contributed by atoms with Crippen LogP contribution >= 0.6 is 0 Å². The number of rotatable bonds is 4. The quantitative estimate of drug-likeness (QED) is 0.850. The molecule has 19 heavy (non-hydrogen) atoms. The van der Waals surface area contributed by atoms with Crippen molar-refractivity contribution in [2.75, 3.05) is 17.7 Å². The number of hydrogen-bond acceptors (Lipinski definition) is 3. The zero-order valence-corrected chi connectivity index (χ0v) is 12.6. The molecule has 1 aliphatic carbocycles. The van der Waals surface area contributed by atoms with Crippen LogP contribution in [0.25, 0.3) is 0 Å². The average molecular weight is 281 g/mol. The topological polar surface area (TPSA) is 37.4 Å². The largest absolute Gasteiger partial charge is 0.371 e. The molecule has 1 saturated carbocycles. The van der Waals surface area contributed by atoms with E-state index in [-0.39, 0.29) is 5.75 Å². The van der Waals surface area contributed by atoms with Gasteiger partial charge in [-0.05, 0) is 25.0 Å². The molecule has 0 aliphatic heterocycles. The third-order valence-corrected chi connectivity index (χ3v) is 5.86. The smallest absolute Gasteiger partial charge is 0.180 e. The molecular weight excluding hydrogens is 258 g/mol. The van der Waals surface area contributed by atoms with Gasteiger partial charge in [0.2, 0.25) is 0 Å². The molecule has 0 amide bonds. The predicted molar refractivity (Wildman–Crippen MR) is 79.4 cm³/mol. The van der Waals surface area contributed by atoms with E-state index in [0.29, 0.717) is 10.9 Å². The maximum Gasteiger partial charge on any atom is 0.180 e. The molecule has 0 radical (unpaired) electrons. The van der Waals surface area contributed by atoms with Crippen molar-refractivity contribution < 1.29 is 8.42 Å². The maximum absolute atomic E-state index is 12.2. The van der Waals surface area contributed by atoms with Crippen molar-refractivity contribution in [2.24, 2.45) is 0 Å². The summed E-state index contributed by atoms with van der Waals surface area (Å²) in [5.41, 5.74) is 0.858. The molecule has 0 bridgehead atoms. The van der Waals surface area contributed by atoms with Crippen LogP contribution in [0.4, 0.5) is 5.69 Å². The summed E-state index contributed by atoms with van der Waals surface area (Å²) >= 11 is 0. The van der Waals surface area contributed by atoms with Crippen LogP contribution in [-0.4, -0.2) is 27.3 Å². The van der Waals surface area contributed by atoms with Crippen LogP contribution < -0.4 is 4.90 Å². The first-order chi connectivity index (χ1) is 9.06. The maximum atomic E-state index is 12.2. The Morgan fingerprint density at radius 3 is 2.42 bits per heavy atom. The Balaban J connectivity index is 2.34. The normalized spacial score (nSPS) is 17.4. The molecule has 0 saturated heterocycles. The molecule has 1 aromatic carbocycles. The van der Waals surface area contributed by atoms with E-state index in [1.807, 2.05) is 19.2 Å². The molecule has 2 rings (SSSR count). The molecule has 0 unspecified atom stereocenters. The lowest BCUT2D eigenvalue weighted by Crippen LogP contribution is -2.34. The number of hydrogen-bond donors (Lipinski definition) is 0. The van der Waals surface area contributed by atoms with E-state index in [1.165, 1.54) is 19.3 Å². The summed E-state index contributed by atoms with van der Waals surface area (Å²) in [6, 6.07) is 7.86. The van der Waals surface area contributed by atoms with Crippen LogP contribution in [0.1, 0.15) is 39.0 Å². The second kappa shape index (κ2) is 5.95. The van der Waals surface area contributed by atoms with Crippen LogP contribution in [0.2, 0.25) is 0 Å². The van der Waals surface area contributed by atoms with Crippen molar-refractivity contribution in [3.05, 3.63) is 24.3 Å².